The first kappa shape index (κ1) is 15.8. The lowest BCUT2D eigenvalue weighted by Crippen LogP contribution is -2.13. The average molecular weight is 347 g/mol. The highest BCUT2D eigenvalue weighted by Gasteiger charge is 2.09. The fourth-order valence-corrected chi connectivity index (χ4v) is 3.48. The molecule has 0 aliphatic carbocycles. The van der Waals surface area contributed by atoms with E-state index in [1.807, 2.05) is 54.6 Å². The van der Waals surface area contributed by atoms with E-state index in [-0.39, 0.29) is 5.91 Å². The maximum absolute atomic E-state index is 12.2. The molecular formula is C21H17NO2S. The van der Waals surface area contributed by atoms with Crippen LogP contribution in [0.1, 0.15) is 5.56 Å². The van der Waals surface area contributed by atoms with E-state index in [9.17, 15) is 4.79 Å². The Hall–Kier alpha value is -2.72. The van der Waals surface area contributed by atoms with Crippen LogP contribution < -0.4 is 5.32 Å². The second-order valence-corrected chi connectivity index (χ2v) is 7.01. The van der Waals surface area contributed by atoms with Gasteiger partial charge in [0.15, 0.2) is 0 Å². The molecule has 3 aromatic carbocycles. The average Bonchev–Trinajstić information content (AvgIpc) is 2.99. The smallest absolute Gasteiger partial charge is 0.234 e. The molecule has 0 atom stereocenters. The largest absolute Gasteiger partial charge is 0.456 e. The van der Waals surface area contributed by atoms with Crippen LogP contribution in [0.3, 0.4) is 0 Å². The van der Waals surface area contributed by atoms with E-state index < -0.39 is 0 Å². The van der Waals surface area contributed by atoms with Crippen molar-refractivity contribution >= 4 is 45.3 Å². The molecule has 4 aromatic rings. The Labute approximate surface area is 150 Å². The predicted molar refractivity (Wildman–Crippen MR) is 104 cm³/mol. The molecular weight excluding hydrogens is 330 g/mol. The number of rotatable bonds is 4. The van der Waals surface area contributed by atoms with E-state index in [4.69, 9.17) is 4.42 Å². The number of anilines is 1. The van der Waals surface area contributed by atoms with Gasteiger partial charge in [-0.15, -0.1) is 11.8 Å². The number of carbonyl (C=O) groups is 1. The number of thioether (sulfide) groups is 1. The van der Waals surface area contributed by atoms with Gasteiger partial charge in [0.05, 0.1) is 5.75 Å². The van der Waals surface area contributed by atoms with Crippen molar-refractivity contribution in [3.8, 4) is 0 Å². The molecule has 0 saturated carbocycles. The summed E-state index contributed by atoms with van der Waals surface area (Å²) in [6.07, 6.45) is 0. The summed E-state index contributed by atoms with van der Waals surface area (Å²) in [7, 11) is 0. The highest BCUT2D eigenvalue weighted by molar-refractivity contribution is 8.00. The summed E-state index contributed by atoms with van der Waals surface area (Å²) in [5.74, 6) is 0.349. The van der Waals surface area contributed by atoms with Crippen LogP contribution in [0.5, 0.6) is 0 Å². The zero-order chi connectivity index (χ0) is 17.2. The number of fused-ring (bicyclic) bond motifs is 3. The van der Waals surface area contributed by atoms with E-state index in [0.29, 0.717) is 5.75 Å². The maximum Gasteiger partial charge on any atom is 0.234 e. The van der Waals surface area contributed by atoms with Crippen molar-refractivity contribution in [2.24, 2.45) is 0 Å². The Morgan fingerprint density at radius 1 is 0.960 bits per heavy atom. The third kappa shape index (κ3) is 3.39. The minimum absolute atomic E-state index is 0.0268. The normalized spacial score (nSPS) is 11.1. The minimum atomic E-state index is -0.0268. The van der Waals surface area contributed by atoms with Crippen molar-refractivity contribution in [1.82, 2.24) is 0 Å². The lowest BCUT2D eigenvalue weighted by atomic mass is 10.1. The van der Waals surface area contributed by atoms with Crippen molar-refractivity contribution in [2.45, 2.75) is 11.8 Å². The van der Waals surface area contributed by atoms with Gasteiger partial charge in [-0.3, -0.25) is 4.79 Å². The fourth-order valence-electron chi connectivity index (χ4n) is 2.78. The monoisotopic (exact) mass is 347 g/mol. The zero-order valence-electron chi connectivity index (χ0n) is 13.8. The predicted octanol–water partition coefficient (Wildman–Crippen LogP) is 5.63. The third-order valence-electron chi connectivity index (χ3n) is 4.05. The van der Waals surface area contributed by atoms with Crippen molar-refractivity contribution in [3.63, 3.8) is 0 Å². The van der Waals surface area contributed by atoms with Crippen molar-refractivity contribution < 1.29 is 9.21 Å². The lowest BCUT2D eigenvalue weighted by Gasteiger charge is -2.05. The summed E-state index contributed by atoms with van der Waals surface area (Å²) < 4.78 is 5.86. The van der Waals surface area contributed by atoms with Crippen LogP contribution in [0, 0.1) is 6.92 Å². The first-order chi connectivity index (χ1) is 12.2. The molecule has 0 bridgehead atoms. The van der Waals surface area contributed by atoms with Crippen LogP contribution in [0.25, 0.3) is 21.9 Å². The molecule has 3 nitrogen and oxygen atoms in total. The number of hydrogen-bond donors (Lipinski definition) is 1. The summed E-state index contributed by atoms with van der Waals surface area (Å²) in [6.45, 7) is 2.05. The third-order valence-corrected chi connectivity index (χ3v) is 5.07. The molecule has 1 aromatic heterocycles. The Morgan fingerprint density at radius 2 is 1.72 bits per heavy atom. The topological polar surface area (TPSA) is 42.2 Å². The summed E-state index contributed by atoms with van der Waals surface area (Å²) in [5, 5.41) is 5.09. The SMILES string of the molecule is Cc1ccc(SCC(=O)Nc2ccc3c(c2)oc2ccccc23)cc1. The Kier molecular flexibility index (Phi) is 4.20. The van der Waals surface area contributed by atoms with Gasteiger partial charge in [0.25, 0.3) is 0 Å². The van der Waals surface area contributed by atoms with Gasteiger partial charge in [0, 0.05) is 27.4 Å². The maximum atomic E-state index is 12.2. The van der Waals surface area contributed by atoms with E-state index in [2.05, 4.69) is 24.4 Å². The molecule has 0 spiro atoms. The first-order valence-electron chi connectivity index (χ1n) is 8.10. The molecule has 0 aliphatic rings. The molecule has 1 amide bonds. The van der Waals surface area contributed by atoms with Gasteiger partial charge in [-0.2, -0.15) is 0 Å². The number of aryl methyl sites for hydroxylation is 1. The molecule has 4 rings (SSSR count). The number of nitrogens with one attached hydrogen (secondary N) is 1. The van der Waals surface area contributed by atoms with Crippen LogP contribution in [-0.4, -0.2) is 11.7 Å². The Morgan fingerprint density at radius 3 is 2.56 bits per heavy atom. The van der Waals surface area contributed by atoms with Gasteiger partial charge >= 0.3 is 0 Å². The quantitative estimate of drug-likeness (QED) is 0.487. The van der Waals surface area contributed by atoms with Crippen LogP contribution in [0.4, 0.5) is 5.69 Å². The van der Waals surface area contributed by atoms with Crippen molar-refractivity contribution in [2.75, 3.05) is 11.1 Å². The van der Waals surface area contributed by atoms with Crippen molar-refractivity contribution in [3.05, 3.63) is 72.3 Å². The van der Waals surface area contributed by atoms with Gasteiger partial charge in [0.1, 0.15) is 11.2 Å². The second-order valence-electron chi connectivity index (χ2n) is 5.96. The van der Waals surface area contributed by atoms with Gasteiger partial charge in [-0.1, -0.05) is 35.9 Å². The summed E-state index contributed by atoms with van der Waals surface area (Å²) in [6, 6.07) is 21.9. The fraction of sp³-hybridized carbons (Fsp3) is 0.0952. The number of amides is 1. The molecule has 25 heavy (non-hydrogen) atoms. The number of hydrogen-bond acceptors (Lipinski definition) is 3. The molecule has 1 N–H and O–H groups in total. The Balaban J connectivity index is 1.47. The molecule has 1 heterocycles. The summed E-state index contributed by atoms with van der Waals surface area (Å²) in [5.41, 5.74) is 3.61. The van der Waals surface area contributed by atoms with Gasteiger partial charge in [0.2, 0.25) is 5.91 Å². The first-order valence-corrected chi connectivity index (χ1v) is 9.08. The standard InChI is InChI=1S/C21H17NO2S/c1-14-6-9-16(10-7-14)25-13-21(23)22-15-8-11-18-17-4-2-3-5-19(17)24-20(18)12-15/h2-12H,13H2,1H3,(H,22,23). The highest BCUT2D eigenvalue weighted by atomic mass is 32.2. The molecule has 0 aliphatic heterocycles. The van der Waals surface area contributed by atoms with E-state index in [1.165, 1.54) is 17.3 Å². The molecule has 0 radical (unpaired) electrons. The molecule has 0 unspecified atom stereocenters. The highest BCUT2D eigenvalue weighted by Crippen LogP contribution is 2.30. The molecule has 124 valence electrons. The van der Waals surface area contributed by atoms with Crippen LogP contribution in [0.15, 0.2) is 76.0 Å². The zero-order valence-corrected chi connectivity index (χ0v) is 14.6. The minimum Gasteiger partial charge on any atom is -0.456 e. The van der Waals surface area contributed by atoms with Crippen LogP contribution in [0.2, 0.25) is 0 Å². The molecule has 0 fully saturated rings. The number of carbonyl (C=O) groups excluding carboxylic acids is 1. The van der Waals surface area contributed by atoms with Crippen molar-refractivity contribution in [1.29, 1.82) is 0 Å². The number of furan rings is 1. The van der Waals surface area contributed by atoms with Crippen LogP contribution in [-0.2, 0) is 4.79 Å². The van der Waals surface area contributed by atoms with Gasteiger partial charge < -0.3 is 9.73 Å². The molecule has 0 saturated heterocycles. The number of benzene rings is 3. The lowest BCUT2D eigenvalue weighted by molar-refractivity contribution is -0.113. The van der Waals surface area contributed by atoms with E-state index in [1.54, 1.807) is 0 Å². The second kappa shape index (κ2) is 6.65. The molecule has 4 heteroatoms. The van der Waals surface area contributed by atoms with Gasteiger partial charge in [-0.05, 0) is 37.3 Å². The van der Waals surface area contributed by atoms with Gasteiger partial charge in [-0.25, -0.2) is 0 Å². The Bertz CT molecular complexity index is 1050. The van der Waals surface area contributed by atoms with E-state index in [0.717, 1.165) is 32.5 Å². The van der Waals surface area contributed by atoms with E-state index >= 15 is 0 Å². The summed E-state index contributed by atoms with van der Waals surface area (Å²) >= 11 is 1.53. The van der Waals surface area contributed by atoms with Crippen LogP contribution >= 0.6 is 11.8 Å². The summed E-state index contributed by atoms with van der Waals surface area (Å²) in [4.78, 5) is 13.3. The number of para-hydroxylation sites is 1.